The summed E-state index contributed by atoms with van der Waals surface area (Å²) in [5, 5.41) is 18.6. The minimum atomic E-state index is -2.23. The maximum atomic E-state index is 12.9. The van der Waals surface area contributed by atoms with E-state index in [4.69, 9.17) is 5.11 Å². The van der Waals surface area contributed by atoms with Gasteiger partial charge in [0.05, 0.1) is 4.92 Å². The van der Waals surface area contributed by atoms with Crippen molar-refractivity contribution >= 4 is 24.1 Å². The van der Waals surface area contributed by atoms with E-state index < -0.39 is 17.1 Å². The van der Waals surface area contributed by atoms with Crippen LogP contribution in [0.15, 0.2) is 24.3 Å². The predicted molar refractivity (Wildman–Crippen MR) is 51.8 cm³/mol. The molecule has 0 spiro atoms. The number of alkyl halides is 1. The number of nitro groups is 1. The molecule has 1 N–H and O–H groups in total. The van der Waals surface area contributed by atoms with Crippen LogP contribution < -0.4 is 0 Å². The van der Waals surface area contributed by atoms with Crippen molar-refractivity contribution in [2.75, 3.05) is 0 Å². The van der Waals surface area contributed by atoms with Gasteiger partial charge in [0.1, 0.15) is 0 Å². The van der Waals surface area contributed by atoms with E-state index in [1.54, 1.807) is 0 Å². The lowest BCUT2D eigenvalue weighted by molar-refractivity contribution is -0.384. The highest BCUT2D eigenvalue weighted by molar-refractivity contribution is 5.85. The lowest BCUT2D eigenvalue weighted by Crippen LogP contribution is -2.06. The minimum Gasteiger partial charge on any atom is -0.479 e. The van der Waals surface area contributed by atoms with Gasteiger partial charge in [-0.1, -0.05) is 12.1 Å². The van der Waals surface area contributed by atoms with Gasteiger partial charge in [-0.25, -0.2) is 9.18 Å². The van der Waals surface area contributed by atoms with E-state index in [1.807, 2.05) is 0 Å². The van der Waals surface area contributed by atoms with Gasteiger partial charge in [-0.05, 0) is 0 Å². The number of hydrogen-bond donors (Lipinski definition) is 1. The number of aliphatic carboxylic acids is 1. The molecule has 0 bridgehead atoms. The summed E-state index contributed by atoms with van der Waals surface area (Å²) in [6.07, 6.45) is -2.23. The second kappa shape index (κ2) is 5.26. The maximum absolute atomic E-state index is 12.9. The smallest absolute Gasteiger partial charge is 0.343 e. The molecule has 5 nitrogen and oxygen atoms in total. The SMILES string of the molecule is Cl.O=C(O)C(F)c1cccc([N+](=O)[O-])c1. The molecule has 1 aromatic carbocycles. The summed E-state index contributed by atoms with van der Waals surface area (Å²) in [7, 11) is 0. The van der Waals surface area contributed by atoms with Crippen molar-refractivity contribution in [2.24, 2.45) is 0 Å². The zero-order valence-corrected chi connectivity index (χ0v) is 8.11. The molecule has 15 heavy (non-hydrogen) atoms. The van der Waals surface area contributed by atoms with Crippen LogP contribution in [0.1, 0.15) is 11.7 Å². The van der Waals surface area contributed by atoms with Crippen LogP contribution in [0.2, 0.25) is 0 Å². The molecule has 82 valence electrons. The summed E-state index contributed by atoms with van der Waals surface area (Å²) in [5.74, 6) is -1.66. The fraction of sp³-hybridized carbons (Fsp3) is 0.125. The number of carbonyl (C=O) groups is 1. The summed E-state index contributed by atoms with van der Waals surface area (Å²) >= 11 is 0. The Morgan fingerprint density at radius 2 is 2.13 bits per heavy atom. The van der Waals surface area contributed by atoms with Crippen LogP contribution in [0.5, 0.6) is 0 Å². The minimum absolute atomic E-state index is 0. The molecule has 0 radical (unpaired) electrons. The first-order valence-electron chi connectivity index (χ1n) is 3.63. The number of hydrogen-bond acceptors (Lipinski definition) is 3. The Morgan fingerprint density at radius 1 is 1.53 bits per heavy atom. The number of benzene rings is 1. The first-order valence-corrected chi connectivity index (χ1v) is 3.63. The average Bonchev–Trinajstić information content (AvgIpc) is 2.16. The molecule has 1 unspecified atom stereocenters. The van der Waals surface area contributed by atoms with Gasteiger partial charge < -0.3 is 5.11 Å². The molecule has 1 rings (SSSR count). The summed E-state index contributed by atoms with van der Waals surface area (Å²) < 4.78 is 12.9. The monoisotopic (exact) mass is 235 g/mol. The molecule has 1 aromatic rings. The third-order valence-corrected chi connectivity index (χ3v) is 1.59. The predicted octanol–water partition coefficient (Wildman–Crippen LogP) is 2.11. The van der Waals surface area contributed by atoms with Gasteiger partial charge in [0.25, 0.3) is 5.69 Å². The fourth-order valence-electron chi connectivity index (χ4n) is 0.939. The van der Waals surface area contributed by atoms with Crippen LogP contribution in [-0.4, -0.2) is 16.0 Å². The first kappa shape index (κ1) is 13.3. The van der Waals surface area contributed by atoms with Gasteiger partial charge in [0.15, 0.2) is 0 Å². The Bertz CT molecular complexity index is 385. The van der Waals surface area contributed by atoms with E-state index >= 15 is 0 Å². The van der Waals surface area contributed by atoms with Crippen LogP contribution in [0.3, 0.4) is 0 Å². The molecule has 0 aliphatic carbocycles. The van der Waals surface area contributed by atoms with Crippen molar-refractivity contribution in [1.82, 2.24) is 0 Å². The Morgan fingerprint density at radius 3 is 2.60 bits per heavy atom. The number of nitrogens with zero attached hydrogens (tertiary/aromatic N) is 1. The Hall–Kier alpha value is -1.69. The van der Waals surface area contributed by atoms with Crippen molar-refractivity contribution in [3.63, 3.8) is 0 Å². The lowest BCUT2D eigenvalue weighted by Gasteiger charge is -2.01. The number of carboxylic acids is 1. The van der Waals surface area contributed by atoms with Gasteiger partial charge in [0, 0.05) is 17.7 Å². The molecule has 0 saturated heterocycles. The van der Waals surface area contributed by atoms with Crippen molar-refractivity contribution in [3.8, 4) is 0 Å². The summed E-state index contributed by atoms with van der Waals surface area (Å²) in [6, 6.07) is 4.49. The highest BCUT2D eigenvalue weighted by Gasteiger charge is 2.20. The molecule has 0 aliphatic heterocycles. The van der Waals surface area contributed by atoms with Crippen molar-refractivity contribution in [3.05, 3.63) is 39.9 Å². The Kier molecular flexibility index (Phi) is 4.66. The van der Waals surface area contributed by atoms with Crippen LogP contribution in [0.4, 0.5) is 10.1 Å². The van der Waals surface area contributed by atoms with E-state index in [0.29, 0.717) is 0 Å². The Balaban J connectivity index is 0.00000196. The van der Waals surface area contributed by atoms with Crippen LogP contribution in [0.25, 0.3) is 0 Å². The van der Waals surface area contributed by atoms with Crippen LogP contribution in [0, 0.1) is 10.1 Å². The van der Waals surface area contributed by atoms with E-state index in [0.717, 1.165) is 12.1 Å². The standard InChI is InChI=1S/C8H6FNO4.ClH/c9-7(8(11)12)5-2-1-3-6(4-5)10(13)14;/h1-4,7H,(H,11,12);1H. The number of nitro benzene ring substituents is 1. The highest BCUT2D eigenvalue weighted by atomic mass is 35.5. The van der Waals surface area contributed by atoms with Gasteiger partial charge in [-0.3, -0.25) is 10.1 Å². The third kappa shape index (κ3) is 3.17. The molecule has 7 heteroatoms. The van der Waals surface area contributed by atoms with E-state index in [2.05, 4.69) is 0 Å². The maximum Gasteiger partial charge on any atom is 0.343 e. The zero-order chi connectivity index (χ0) is 10.7. The summed E-state index contributed by atoms with van der Waals surface area (Å²) in [5.41, 5.74) is -0.557. The number of halogens is 2. The molecule has 0 amide bonds. The fourth-order valence-corrected chi connectivity index (χ4v) is 0.939. The van der Waals surface area contributed by atoms with Crippen LogP contribution in [-0.2, 0) is 4.79 Å². The first-order chi connectivity index (χ1) is 6.52. The Labute approximate surface area is 90.1 Å². The summed E-state index contributed by atoms with van der Waals surface area (Å²) in [6.45, 7) is 0. The van der Waals surface area contributed by atoms with Crippen molar-refractivity contribution in [2.45, 2.75) is 6.17 Å². The van der Waals surface area contributed by atoms with Gasteiger partial charge in [-0.15, -0.1) is 12.4 Å². The number of carboxylic acid groups (broad SMARTS) is 1. The number of rotatable bonds is 3. The molecule has 0 heterocycles. The zero-order valence-electron chi connectivity index (χ0n) is 7.29. The molecular weight excluding hydrogens is 229 g/mol. The second-order valence-corrected chi connectivity index (χ2v) is 2.55. The normalized spacial score (nSPS) is 11.3. The van der Waals surface area contributed by atoms with Gasteiger partial charge in [-0.2, -0.15) is 0 Å². The quantitative estimate of drug-likeness (QED) is 0.643. The van der Waals surface area contributed by atoms with E-state index in [1.165, 1.54) is 12.1 Å². The number of non-ortho nitro benzene ring substituents is 1. The van der Waals surface area contributed by atoms with Crippen molar-refractivity contribution < 1.29 is 19.2 Å². The van der Waals surface area contributed by atoms with Crippen LogP contribution >= 0.6 is 12.4 Å². The summed E-state index contributed by atoms with van der Waals surface area (Å²) in [4.78, 5) is 19.8. The molecule has 0 aliphatic rings. The molecule has 0 saturated carbocycles. The average molecular weight is 236 g/mol. The van der Waals surface area contributed by atoms with Gasteiger partial charge >= 0.3 is 5.97 Å². The topological polar surface area (TPSA) is 80.4 Å². The third-order valence-electron chi connectivity index (χ3n) is 1.59. The molecule has 0 fully saturated rings. The van der Waals surface area contributed by atoms with Crippen molar-refractivity contribution in [1.29, 1.82) is 0 Å². The molecular formula is C8H7ClFNO4. The second-order valence-electron chi connectivity index (χ2n) is 2.55. The molecule has 1 atom stereocenters. The largest absolute Gasteiger partial charge is 0.479 e. The highest BCUT2D eigenvalue weighted by Crippen LogP contribution is 2.21. The van der Waals surface area contributed by atoms with E-state index in [9.17, 15) is 19.3 Å². The molecule has 0 aromatic heterocycles. The lowest BCUT2D eigenvalue weighted by atomic mass is 10.1. The van der Waals surface area contributed by atoms with E-state index in [-0.39, 0.29) is 23.7 Å². The van der Waals surface area contributed by atoms with Gasteiger partial charge in [0.2, 0.25) is 6.17 Å².